The van der Waals surface area contributed by atoms with Crippen LogP contribution in [0.25, 0.3) is 0 Å². The van der Waals surface area contributed by atoms with Crippen molar-refractivity contribution in [2.75, 3.05) is 6.61 Å². The fourth-order valence-corrected chi connectivity index (χ4v) is 8.62. The van der Waals surface area contributed by atoms with Gasteiger partial charge in [-0.1, -0.05) is 81.2 Å². The van der Waals surface area contributed by atoms with Gasteiger partial charge in [-0.3, -0.25) is 4.79 Å². The lowest BCUT2D eigenvalue weighted by atomic mass is 9.41. The van der Waals surface area contributed by atoms with Crippen molar-refractivity contribution in [1.82, 2.24) is 0 Å². The molecule has 0 amide bonds. The zero-order chi connectivity index (χ0) is 30.8. The van der Waals surface area contributed by atoms with Crippen molar-refractivity contribution in [2.24, 2.45) is 38.4 Å². The number of ketones is 1. The average Bonchev–Trinajstić information content (AvgIpc) is 2.85. The molecule has 0 radical (unpaired) electrons. The summed E-state index contributed by atoms with van der Waals surface area (Å²) in [5.41, 5.74) is 0.924. The topological polar surface area (TPSA) is 81.3 Å². The smallest absolute Gasteiger partial charge is 0.152 e. The predicted octanol–water partition coefficient (Wildman–Crippen LogP) is 9.88. The van der Waals surface area contributed by atoms with Gasteiger partial charge in [0.05, 0.1) is 11.6 Å². The van der Waals surface area contributed by atoms with Gasteiger partial charge in [0, 0.05) is 12.0 Å². The van der Waals surface area contributed by atoms with E-state index in [0.717, 1.165) is 44.9 Å². The van der Waals surface area contributed by atoms with Gasteiger partial charge in [0.2, 0.25) is 0 Å². The zero-order valence-corrected chi connectivity index (χ0v) is 27.9. The van der Waals surface area contributed by atoms with E-state index < -0.39 is 5.41 Å². The molecule has 4 heteroatoms. The Hall–Kier alpha value is -1.60. The second kappa shape index (κ2) is 12.3. The van der Waals surface area contributed by atoms with Crippen molar-refractivity contribution < 1.29 is 15.0 Å². The second-order valence-corrected chi connectivity index (χ2v) is 16.3. The fraction of sp³-hybridized carbons (Fsp3) is 0.833. The summed E-state index contributed by atoms with van der Waals surface area (Å²) < 4.78 is 0. The Bertz CT molecular complexity index is 1030. The van der Waals surface area contributed by atoms with Gasteiger partial charge in [0.25, 0.3) is 0 Å². The Balaban J connectivity index is 2.48. The predicted molar refractivity (Wildman–Crippen MR) is 167 cm³/mol. The summed E-state index contributed by atoms with van der Waals surface area (Å²) in [6, 6.07) is 2.30. The Morgan fingerprint density at radius 2 is 1.62 bits per heavy atom. The van der Waals surface area contributed by atoms with E-state index >= 15 is 0 Å². The van der Waals surface area contributed by atoms with Crippen LogP contribution in [0.3, 0.4) is 0 Å². The monoisotopic (exact) mass is 555 g/mol. The summed E-state index contributed by atoms with van der Waals surface area (Å²) in [5, 5.41) is 30.7. The van der Waals surface area contributed by atoms with E-state index in [9.17, 15) is 20.3 Å². The fourth-order valence-electron chi connectivity index (χ4n) is 8.62. The molecule has 2 rings (SSSR count). The number of nitrogens with zero attached hydrogens (tertiary/aromatic N) is 1. The highest BCUT2D eigenvalue weighted by Crippen LogP contribution is 2.69. The summed E-state index contributed by atoms with van der Waals surface area (Å²) in [7, 11) is 0. The first-order chi connectivity index (χ1) is 18.2. The molecule has 0 saturated heterocycles. The van der Waals surface area contributed by atoms with Crippen LogP contribution in [0.2, 0.25) is 0 Å². The van der Waals surface area contributed by atoms with E-state index in [-0.39, 0.29) is 45.7 Å². The van der Waals surface area contributed by atoms with Gasteiger partial charge in [-0.05, 0) is 110 Å². The Morgan fingerprint density at radius 1 is 1.02 bits per heavy atom. The van der Waals surface area contributed by atoms with E-state index in [2.05, 4.69) is 75.3 Å². The number of hydrogen-bond donors (Lipinski definition) is 2. The molecule has 2 N–H and O–H groups in total. The van der Waals surface area contributed by atoms with Crippen LogP contribution in [-0.2, 0) is 4.79 Å². The Kier molecular flexibility index (Phi) is 10.7. The number of nitriles is 1. The largest absolute Gasteiger partial charge is 0.511 e. The number of hydrogen-bond acceptors (Lipinski definition) is 4. The highest BCUT2D eigenvalue weighted by molar-refractivity contribution is 5.88. The van der Waals surface area contributed by atoms with Gasteiger partial charge in [0.1, 0.15) is 5.76 Å². The number of carbonyl (C=O) groups is 1. The average molecular weight is 556 g/mol. The maximum absolute atomic E-state index is 12.8. The van der Waals surface area contributed by atoms with Gasteiger partial charge >= 0.3 is 0 Å². The van der Waals surface area contributed by atoms with Gasteiger partial charge in [-0.15, -0.1) is 0 Å². The third-order valence-electron chi connectivity index (χ3n) is 11.8. The van der Waals surface area contributed by atoms with Gasteiger partial charge in [0.15, 0.2) is 5.78 Å². The third kappa shape index (κ3) is 6.88. The van der Waals surface area contributed by atoms with Gasteiger partial charge in [-0.25, -0.2) is 0 Å². The van der Waals surface area contributed by atoms with Crippen molar-refractivity contribution in [1.29, 1.82) is 5.26 Å². The molecule has 228 valence electrons. The standard InChI is InChI=1S/C36H61NO3/c1-12-15-31(3,4)18-20-34(9,16-13-22-38)21-19-32(5,6)36(11)17-14-28-33(7,8)30(40)27(25-37)24-35(28,10)29(36)23-26(2)39/h23,28,38,40H,12-22,24H2,1-11H3/b29-23-/t28-,34-,35-,36+/m0/s1. The van der Waals surface area contributed by atoms with Crippen molar-refractivity contribution in [3.05, 3.63) is 23.0 Å². The second-order valence-electron chi connectivity index (χ2n) is 16.3. The molecular weight excluding hydrogens is 494 g/mol. The van der Waals surface area contributed by atoms with E-state index in [0.29, 0.717) is 17.4 Å². The lowest BCUT2D eigenvalue weighted by Gasteiger charge is -2.62. The van der Waals surface area contributed by atoms with Crippen LogP contribution < -0.4 is 0 Å². The zero-order valence-electron chi connectivity index (χ0n) is 27.9. The van der Waals surface area contributed by atoms with Crippen LogP contribution in [0.4, 0.5) is 0 Å². The molecule has 0 aliphatic heterocycles. The Labute approximate surface area is 246 Å². The lowest BCUT2D eigenvalue weighted by molar-refractivity contribution is -0.113. The number of rotatable bonds is 13. The van der Waals surface area contributed by atoms with Crippen LogP contribution >= 0.6 is 0 Å². The van der Waals surface area contributed by atoms with Gasteiger partial charge in [-0.2, -0.15) is 5.26 Å². The molecule has 0 aromatic rings. The van der Waals surface area contributed by atoms with Crippen molar-refractivity contribution >= 4 is 5.78 Å². The van der Waals surface area contributed by atoms with Crippen LogP contribution in [0.1, 0.15) is 147 Å². The molecule has 0 spiro atoms. The van der Waals surface area contributed by atoms with Crippen molar-refractivity contribution in [3.63, 3.8) is 0 Å². The first kappa shape index (κ1) is 34.6. The van der Waals surface area contributed by atoms with Crippen molar-refractivity contribution in [2.45, 2.75) is 147 Å². The molecule has 4 nitrogen and oxygen atoms in total. The van der Waals surface area contributed by atoms with Crippen LogP contribution in [0.5, 0.6) is 0 Å². The molecule has 0 unspecified atom stereocenters. The third-order valence-corrected chi connectivity index (χ3v) is 11.8. The lowest BCUT2D eigenvalue weighted by Crippen LogP contribution is -2.55. The summed E-state index contributed by atoms with van der Waals surface area (Å²) in [6.07, 6.45) is 13.0. The van der Waals surface area contributed by atoms with Crippen LogP contribution in [0.15, 0.2) is 23.0 Å². The molecule has 1 fully saturated rings. The first-order valence-corrected chi connectivity index (χ1v) is 15.9. The minimum Gasteiger partial charge on any atom is -0.511 e. The number of carbonyl (C=O) groups excluding carboxylic acids is 1. The first-order valence-electron chi connectivity index (χ1n) is 15.9. The summed E-state index contributed by atoms with van der Waals surface area (Å²) in [6.45, 7) is 24.8. The molecule has 0 aromatic carbocycles. The van der Waals surface area contributed by atoms with Gasteiger partial charge < -0.3 is 10.2 Å². The molecule has 40 heavy (non-hydrogen) atoms. The van der Waals surface area contributed by atoms with Crippen molar-refractivity contribution in [3.8, 4) is 6.07 Å². The number of allylic oxidation sites excluding steroid dienone is 4. The van der Waals surface area contributed by atoms with Crippen LogP contribution in [-0.4, -0.2) is 22.6 Å². The molecule has 4 atom stereocenters. The number of aliphatic hydroxyl groups is 2. The molecular formula is C36H61NO3. The maximum Gasteiger partial charge on any atom is 0.152 e. The maximum atomic E-state index is 12.8. The normalized spacial score (nSPS) is 29.6. The number of aliphatic hydroxyl groups excluding tert-OH is 2. The molecule has 0 bridgehead atoms. The van der Waals surface area contributed by atoms with Crippen LogP contribution in [0, 0.1) is 49.7 Å². The van der Waals surface area contributed by atoms with E-state index in [4.69, 9.17) is 0 Å². The Morgan fingerprint density at radius 3 is 2.15 bits per heavy atom. The number of fused-ring (bicyclic) bond motifs is 1. The highest BCUT2D eigenvalue weighted by Gasteiger charge is 2.61. The SMILES string of the molecule is CCCC(C)(C)CC[C@](C)(CCCO)CCC(C)(C)[C@]1(C)CC[C@H]2C(C)(C)C(O)=C(C#N)C[C@]2(C)/C1=C/C(C)=O. The van der Waals surface area contributed by atoms with E-state index in [1.807, 2.05) is 6.08 Å². The molecule has 2 aliphatic rings. The summed E-state index contributed by atoms with van der Waals surface area (Å²) in [5.74, 6) is 0.440. The summed E-state index contributed by atoms with van der Waals surface area (Å²) in [4.78, 5) is 12.8. The molecule has 2 aliphatic carbocycles. The van der Waals surface area contributed by atoms with E-state index in [1.54, 1.807) is 6.92 Å². The molecule has 0 heterocycles. The minimum absolute atomic E-state index is 0.0555. The minimum atomic E-state index is -0.520. The van der Waals surface area contributed by atoms with E-state index in [1.165, 1.54) is 24.8 Å². The summed E-state index contributed by atoms with van der Waals surface area (Å²) >= 11 is 0. The molecule has 1 saturated carbocycles. The molecule has 0 aromatic heterocycles. The highest BCUT2D eigenvalue weighted by atomic mass is 16.3. The quantitative estimate of drug-likeness (QED) is 0.222.